The second kappa shape index (κ2) is 7.42. The predicted molar refractivity (Wildman–Crippen MR) is 81.8 cm³/mol. The molecule has 0 fully saturated rings. The van der Waals surface area contributed by atoms with Gasteiger partial charge in [-0.25, -0.2) is 14.1 Å². The van der Waals surface area contributed by atoms with Gasteiger partial charge < -0.3 is 11.1 Å². The van der Waals surface area contributed by atoms with Crippen molar-refractivity contribution in [1.82, 2.24) is 15.1 Å². The van der Waals surface area contributed by atoms with Crippen LogP contribution in [0.15, 0.2) is 41.5 Å². The zero-order valence-electron chi connectivity index (χ0n) is 12.1. The fraction of sp³-hybridized carbons (Fsp3) is 0.333. The van der Waals surface area contributed by atoms with E-state index < -0.39 is 0 Å². The second-order valence-corrected chi connectivity index (χ2v) is 4.71. The van der Waals surface area contributed by atoms with E-state index in [1.165, 1.54) is 12.1 Å². The number of aromatic nitrogens is 2. The van der Waals surface area contributed by atoms with E-state index in [9.17, 15) is 4.39 Å². The number of nitrogens with zero attached hydrogens (tertiary/aromatic N) is 3. The molecule has 0 bridgehead atoms. The van der Waals surface area contributed by atoms with E-state index >= 15 is 0 Å². The van der Waals surface area contributed by atoms with Crippen molar-refractivity contribution in [3.8, 4) is 5.69 Å². The fourth-order valence-electron chi connectivity index (χ4n) is 1.80. The van der Waals surface area contributed by atoms with Crippen LogP contribution in [-0.4, -0.2) is 22.3 Å². The lowest BCUT2D eigenvalue weighted by atomic mass is 10.3. The lowest BCUT2D eigenvalue weighted by Crippen LogP contribution is -2.32. The molecule has 0 saturated heterocycles. The predicted octanol–water partition coefficient (Wildman–Crippen LogP) is 2.22. The smallest absolute Gasteiger partial charge is 0.188 e. The van der Waals surface area contributed by atoms with Gasteiger partial charge in [-0.2, -0.15) is 5.10 Å². The van der Waals surface area contributed by atoms with Crippen LogP contribution in [-0.2, 0) is 6.54 Å². The molecule has 0 radical (unpaired) electrons. The second-order valence-electron chi connectivity index (χ2n) is 4.71. The molecule has 1 aromatic carbocycles. The highest BCUT2D eigenvalue weighted by atomic mass is 19.1. The molecule has 0 spiro atoms. The van der Waals surface area contributed by atoms with E-state index in [1.54, 1.807) is 16.8 Å². The highest BCUT2D eigenvalue weighted by Gasteiger charge is 2.01. The maximum absolute atomic E-state index is 12.9. The summed E-state index contributed by atoms with van der Waals surface area (Å²) in [4.78, 5) is 4.23. The van der Waals surface area contributed by atoms with Crippen molar-refractivity contribution >= 4 is 5.96 Å². The maximum Gasteiger partial charge on any atom is 0.188 e. The van der Waals surface area contributed by atoms with Crippen LogP contribution < -0.4 is 11.1 Å². The number of hydrogen-bond donors (Lipinski definition) is 2. The van der Waals surface area contributed by atoms with Gasteiger partial charge >= 0.3 is 0 Å². The van der Waals surface area contributed by atoms with Gasteiger partial charge in [0.05, 0.1) is 17.9 Å². The summed E-state index contributed by atoms with van der Waals surface area (Å²) in [6.45, 7) is 3.37. The molecule has 0 saturated carbocycles. The Hall–Kier alpha value is -2.37. The number of nitrogens with two attached hydrogens (primary N) is 1. The Balaban J connectivity index is 1.94. The average molecular weight is 289 g/mol. The van der Waals surface area contributed by atoms with Gasteiger partial charge in [0.25, 0.3) is 0 Å². The first-order valence-corrected chi connectivity index (χ1v) is 7.03. The Morgan fingerprint density at radius 1 is 1.33 bits per heavy atom. The zero-order valence-corrected chi connectivity index (χ0v) is 12.1. The molecule has 1 aromatic heterocycles. The number of unbranched alkanes of at least 4 members (excludes halogenated alkanes) is 1. The quantitative estimate of drug-likeness (QED) is 0.487. The van der Waals surface area contributed by atoms with Crippen LogP contribution >= 0.6 is 0 Å². The average Bonchev–Trinajstić information content (AvgIpc) is 2.95. The fourth-order valence-corrected chi connectivity index (χ4v) is 1.80. The van der Waals surface area contributed by atoms with Crippen molar-refractivity contribution in [2.45, 2.75) is 26.3 Å². The molecule has 0 aliphatic heterocycles. The summed E-state index contributed by atoms with van der Waals surface area (Å²) < 4.78 is 14.6. The van der Waals surface area contributed by atoms with Crippen LogP contribution in [0.1, 0.15) is 25.5 Å². The third-order valence-electron chi connectivity index (χ3n) is 2.98. The monoisotopic (exact) mass is 289 g/mol. The van der Waals surface area contributed by atoms with Crippen molar-refractivity contribution in [3.63, 3.8) is 0 Å². The third kappa shape index (κ3) is 4.59. The van der Waals surface area contributed by atoms with Gasteiger partial charge in [-0.3, -0.25) is 0 Å². The molecule has 0 amide bonds. The molecule has 0 atom stereocenters. The number of nitrogens with one attached hydrogen (secondary N) is 1. The minimum absolute atomic E-state index is 0.262. The SMILES string of the molecule is CCCCNC(N)=NCc1ccn(-c2ccc(F)cc2)n1. The van der Waals surface area contributed by atoms with Crippen LogP contribution in [0.25, 0.3) is 5.69 Å². The minimum atomic E-state index is -0.262. The van der Waals surface area contributed by atoms with Crippen LogP contribution in [0.3, 0.4) is 0 Å². The number of hydrogen-bond acceptors (Lipinski definition) is 2. The number of benzene rings is 1. The largest absolute Gasteiger partial charge is 0.370 e. The Bertz CT molecular complexity index is 588. The van der Waals surface area contributed by atoms with Gasteiger partial charge in [0, 0.05) is 12.7 Å². The Kier molecular flexibility index (Phi) is 5.31. The van der Waals surface area contributed by atoms with Crippen molar-refractivity contribution in [3.05, 3.63) is 48.0 Å². The van der Waals surface area contributed by atoms with Crippen molar-refractivity contribution in [2.24, 2.45) is 10.7 Å². The Labute approximate surface area is 123 Å². The van der Waals surface area contributed by atoms with Gasteiger partial charge in [0.1, 0.15) is 5.82 Å². The lowest BCUT2D eigenvalue weighted by molar-refractivity contribution is 0.627. The molecule has 112 valence electrons. The van der Waals surface area contributed by atoms with E-state index in [1.807, 2.05) is 12.3 Å². The number of rotatable bonds is 6. The van der Waals surface area contributed by atoms with E-state index in [-0.39, 0.29) is 5.82 Å². The van der Waals surface area contributed by atoms with E-state index in [4.69, 9.17) is 5.73 Å². The Morgan fingerprint density at radius 2 is 2.10 bits per heavy atom. The highest BCUT2D eigenvalue weighted by Crippen LogP contribution is 2.09. The molecule has 0 aliphatic rings. The van der Waals surface area contributed by atoms with E-state index in [0.29, 0.717) is 12.5 Å². The topological polar surface area (TPSA) is 68.2 Å². The standard InChI is InChI=1S/C15H20FN5/c1-2-3-9-18-15(17)19-11-13-8-10-21(20-13)14-6-4-12(16)5-7-14/h4-8,10H,2-3,9,11H2,1H3,(H3,17,18,19). The third-order valence-corrected chi connectivity index (χ3v) is 2.98. The van der Waals surface area contributed by atoms with Crippen molar-refractivity contribution < 1.29 is 4.39 Å². The normalized spacial score (nSPS) is 11.6. The number of guanidine groups is 1. The first-order chi connectivity index (χ1) is 10.2. The minimum Gasteiger partial charge on any atom is -0.370 e. The van der Waals surface area contributed by atoms with Gasteiger partial charge in [-0.05, 0) is 36.8 Å². The van der Waals surface area contributed by atoms with Gasteiger partial charge in [-0.15, -0.1) is 0 Å². The van der Waals surface area contributed by atoms with Crippen LogP contribution in [0, 0.1) is 5.82 Å². The summed E-state index contributed by atoms with van der Waals surface area (Å²) in [5.74, 6) is 0.168. The first-order valence-electron chi connectivity index (χ1n) is 7.03. The number of aliphatic imine (C=N–C) groups is 1. The molecule has 6 heteroatoms. The van der Waals surface area contributed by atoms with Gasteiger partial charge in [-0.1, -0.05) is 13.3 Å². The van der Waals surface area contributed by atoms with Gasteiger partial charge in [0.15, 0.2) is 5.96 Å². The summed E-state index contributed by atoms with van der Waals surface area (Å²) >= 11 is 0. The van der Waals surface area contributed by atoms with Crippen LogP contribution in [0.5, 0.6) is 0 Å². The van der Waals surface area contributed by atoms with E-state index in [2.05, 4.69) is 22.3 Å². The molecule has 3 N–H and O–H groups in total. The molecule has 0 unspecified atom stereocenters. The van der Waals surface area contributed by atoms with Crippen molar-refractivity contribution in [2.75, 3.05) is 6.54 Å². The van der Waals surface area contributed by atoms with Crippen molar-refractivity contribution in [1.29, 1.82) is 0 Å². The zero-order chi connectivity index (χ0) is 15.1. The summed E-state index contributed by atoms with van der Waals surface area (Å²) in [6.07, 6.45) is 4.00. The number of halogens is 1. The Morgan fingerprint density at radius 3 is 2.81 bits per heavy atom. The lowest BCUT2D eigenvalue weighted by Gasteiger charge is -2.03. The molecule has 0 aliphatic carbocycles. The summed E-state index contributed by atoms with van der Waals surface area (Å²) in [5, 5.41) is 7.43. The molecule has 2 rings (SSSR count). The molecule has 2 aromatic rings. The molecule has 1 heterocycles. The first kappa shape index (κ1) is 15.0. The van der Waals surface area contributed by atoms with Crippen LogP contribution in [0.4, 0.5) is 4.39 Å². The molecular weight excluding hydrogens is 269 g/mol. The van der Waals surface area contributed by atoms with E-state index in [0.717, 1.165) is 30.8 Å². The molecule has 5 nitrogen and oxygen atoms in total. The maximum atomic E-state index is 12.9. The van der Waals surface area contributed by atoms with Crippen LogP contribution in [0.2, 0.25) is 0 Å². The summed E-state index contributed by atoms with van der Waals surface area (Å²) in [5.41, 5.74) is 7.37. The molecule has 21 heavy (non-hydrogen) atoms. The summed E-state index contributed by atoms with van der Waals surface area (Å²) in [7, 11) is 0. The van der Waals surface area contributed by atoms with Gasteiger partial charge in [0.2, 0.25) is 0 Å². The molecular formula is C15H20FN5. The summed E-state index contributed by atoms with van der Waals surface area (Å²) in [6, 6.07) is 8.03. The highest BCUT2D eigenvalue weighted by molar-refractivity contribution is 5.77.